The number of aromatic nitrogens is 1. The molecule has 0 spiro atoms. The first-order valence-corrected chi connectivity index (χ1v) is 12.5. The third-order valence-corrected chi connectivity index (χ3v) is 8.41. The van der Waals surface area contributed by atoms with E-state index < -0.39 is 33.8 Å². The predicted molar refractivity (Wildman–Crippen MR) is 127 cm³/mol. The molecule has 36 heavy (non-hydrogen) atoms. The van der Waals surface area contributed by atoms with E-state index >= 15 is 0 Å². The Morgan fingerprint density at radius 2 is 1.69 bits per heavy atom. The molecule has 1 N–H and O–H groups in total. The highest BCUT2D eigenvalue weighted by molar-refractivity contribution is 7.89. The van der Waals surface area contributed by atoms with Crippen LogP contribution in [-0.2, 0) is 34.1 Å². The van der Waals surface area contributed by atoms with E-state index in [1.807, 2.05) is 0 Å². The van der Waals surface area contributed by atoms with Crippen molar-refractivity contribution in [1.82, 2.24) is 8.87 Å². The summed E-state index contributed by atoms with van der Waals surface area (Å²) in [6.45, 7) is 1.12. The van der Waals surface area contributed by atoms with Crippen molar-refractivity contribution in [2.75, 3.05) is 0 Å². The molecule has 186 valence electrons. The number of benzene rings is 3. The van der Waals surface area contributed by atoms with Crippen molar-refractivity contribution in [3.8, 4) is 0 Å². The summed E-state index contributed by atoms with van der Waals surface area (Å²) < 4.78 is 70.2. The van der Waals surface area contributed by atoms with Gasteiger partial charge in [0.25, 0.3) is 0 Å². The fraction of sp³-hybridized carbons (Fsp3) is 0.192. The van der Waals surface area contributed by atoms with Crippen LogP contribution in [0.1, 0.15) is 34.0 Å². The van der Waals surface area contributed by atoms with E-state index in [0.717, 1.165) is 12.1 Å². The van der Waals surface area contributed by atoms with Crippen molar-refractivity contribution >= 4 is 26.9 Å². The second-order valence-electron chi connectivity index (χ2n) is 8.68. The van der Waals surface area contributed by atoms with Crippen molar-refractivity contribution in [3.05, 3.63) is 101 Å². The first kappa shape index (κ1) is 24.1. The van der Waals surface area contributed by atoms with Crippen LogP contribution in [0, 0.1) is 6.92 Å². The molecule has 0 saturated carbocycles. The Bertz CT molecular complexity index is 1610. The zero-order valence-corrected chi connectivity index (χ0v) is 19.8. The molecule has 0 amide bonds. The Morgan fingerprint density at radius 1 is 1.00 bits per heavy atom. The zero-order valence-electron chi connectivity index (χ0n) is 19.0. The number of aliphatic carboxylic acids is 1. The molecule has 2 heterocycles. The monoisotopic (exact) mass is 514 g/mol. The van der Waals surface area contributed by atoms with Crippen LogP contribution in [-0.4, -0.2) is 28.4 Å². The fourth-order valence-electron chi connectivity index (χ4n) is 5.01. The average Bonchev–Trinajstić information content (AvgIpc) is 3.21. The molecule has 0 saturated heterocycles. The Kier molecular flexibility index (Phi) is 5.68. The molecule has 0 bridgehead atoms. The number of alkyl halides is 3. The molecular weight excluding hydrogens is 493 g/mol. The van der Waals surface area contributed by atoms with Gasteiger partial charge in [-0.15, -0.1) is 0 Å². The molecule has 4 aromatic rings. The second kappa shape index (κ2) is 8.49. The third-order valence-electron chi connectivity index (χ3n) is 6.53. The Hall–Kier alpha value is -3.63. The summed E-state index contributed by atoms with van der Waals surface area (Å²) in [5, 5.41) is 10.2. The number of hydrogen-bond acceptors (Lipinski definition) is 3. The van der Waals surface area contributed by atoms with Gasteiger partial charge in [-0.1, -0.05) is 54.6 Å². The molecule has 1 unspecified atom stereocenters. The number of sulfonamides is 1. The number of fused-ring (bicyclic) bond motifs is 2. The molecular formula is C26H21F3N2O4S. The average molecular weight is 515 g/mol. The van der Waals surface area contributed by atoms with Gasteiger partial charge in [-0.05, 0) is 36.2 Å². The standard InChI is InChI=1S/C26H21F3N2O4S/c1-16-24(19-9-2-4-11-21(19)30(16)15-23(32)33)25-20-10-3-5-12-22(20)36(34,35)31(25)14-17-7-6-8-18(13-17)26(27,28)29/h2-13,25H,14-15H2,1H3,(H,32,33). The Morgan fingerprint density at radius 3 is 2.42 bits per heavy atom. The number of carbonyl (C=O) groups is 1. The maximum atomic E-state index is 13.7. The third kappa shape index (κ3) is 3.86. The van der Waals surface area contributed by atoms with Crippen molar-refractivity contribution in [2.45, 2.75) is 37.1 Å². The van der Waals surface area contributed by atoms with Gasteiger partial charge in [0.2, 0.25) is 10.0 Å². The van der Waals surface area contributed by atoms with Gasteiger partial charge in [0.1, 0.15) is 6.54 Å². The summed E-state index contributed by atoms with van der Waals surface area (Å²) in [4.78, 5) is 11.7. The Balaban J connectivity index is 1.73. The number of carboxylic acid groups (broad SMARTS) is 1. The largest absolute Gasteiger partial charge is 0.480 e. The van der Waals surface area contributed by atoms with Crippen LogP contribution in [0.5, 0.6) is 0 Å². The minimum atomic E-state index is -4.57. The molecule has 10 heteroatoms. The second-order valence-corrected chi connectivity index (χ2v) is 10.5. The van der Waals surface area contributed by atoms with Gasteiger partial charge in [-0.3, -0.25) is 4.79 Å². The van der Waals surface area contributed by atoms with Crippen LogP contribution in [0.4, 0.5) is 13.2 Å². The number of halogens is 3. The summed E-state index contributed by atoms with van der Waals surface area (Å²) in [5.41, 5.74) is 1.63. The summed E-state index contributed by atoms with van der Waals surface area (Å²) in [6.07, 6.45) is -4.57. The molecule has 1 aliphatic heterocycles. The number of rotatable bonds is 5. The number of nitrogens with zero attached hydrogens (tertiary/aromatic N) is 2. The minimum absolute atomic E-state index is 0.0800. The number of para-hydroxylation sites is 1. The van der Waals surface area contributed by atoms with Crippen LogP contribution < -0.4 is 0 Å². The van der Waals surface area contributed by atoms with E-state index in [1.54, 1.807) is 54.0 Å². The molecule has 6 nitrogen and oxygen atoms in total. The summed E-state index contributed by atoms with van der Waals surface area (Å²) in [6, 6.07) is 17.4. The van der Waals surface area contributed by atoms with Crippen LogP contribution in [0.2, 0.25) is 0 Å². The van der Waals surface area contributed by atoms with Gasteiger partial charge in [0.15, 0.2) is 0 Å². The predicted octanol–water partition coefficient (Wildman–Crippen LogP) is 5.35. The lowest BCUT2D eigenvalue weighted by atomic mass is 9.95. The maximum Gasteiger partial charge on any atom is 0.416 e. The molecule has 1 aliphatic rings. The van der Waals surface area contributed by atoms with Crippen LogP contribution in [0.3, 0.4) is 0 Å². The molecule has 0 fully saturated rings. The fourth-order valence-corrected chi connectivity index (χ4v) is 6.80. The summed E-state index contributed by atoms with van der Waals surface area (Å²) in [7, 11) is -4.06. The number of carboxylic acids is 1. The van der Waals surface area contributed by atoms with Crippen molar-refractivity contribution < 1.29 is 31.5 Å². The first-order chi connectivity index (χ1) is 17.0. The quantitative estimate of drug-likeness (QED) is 0.390. The van der Waals surface area contributed by atoms with Gasteiger partial charge in [-0.25, -0.2) is 8.42 Å². The molecule has 0 radical (unpaired) electrons. The summed E-state index contributed by atoms with van der Waals surface area (Å²) >= 11 is 0. The van der Waals surface area contributed by atoms with Gasteiger partial charge in [0, 0.05) is 28.7 Å². The van der Waals surface area contributed by atoms with Crippen molar-refractivity contribution in [1.29, 1.82) is 0 Å². The molecule has 1 aromatic heterocycles. The lowest BCUT2D eigenvalue weighted by Gasteiger charge is -2.25. The number of hydrogen-bond donors (Lipinski definition) is 1. The van der Waals surface area contributed by atoms with Crippen molar-refractivity contribution in [3.63, 3.8) is 0 Å². The molecule has 3 aromatic carbocycles. The molecule has 5 rings (SSSR count). The smallest absolute Gasteiger partial charge is 0.416 e. The van der Waals surface area contributed by atoms with Crippen LogP contribution in [0.15, 0.2) is 77.7 Å². The van der Waals surface area contributed by atoms with Gasteiger partial charge < -0.3 is 9.67 Å². The lowest BCUT2D eigenvalue weighted by Crippen LogP contribution is -2.29. The maximum absolute atomic E-state index is 13.7. The van der Waals surface area contributed by atoms with Gasteiger partial charge in [0.05, 0.1) is 16.5 Å². The first-order valence-electron chi connectivity index (χ1n) is 11.1. The van der Waals surface area contributed by atoms with Gasteiger partial charge in [-0.2, -0.15) is 17.5 Å². The van der Waals surface area contributed by atoms with E-state index in [2.05, 4.69) is 0 Å². The SMILES string of the molecule is Cc1c(C2c3ccccc3S(=O)(=O)N2Cc2cccc(C(F)(F)F)c2)c2ccccc2n1CC(=O)O. The molecule has 0 aliphatic carbocycles. The lowest BCUT2D eigenvalue weighted by molar-refractivity contribution is -0.138. The minimum Gasteiger partial charge on any atom is -0.480 e. The highest BCUT2D eigenvalue weighted by Gasteiger charge is 2.45. The van der Waals surface area contributed by atoms with Crippen molar-refractivity contribution in [2.24, 2.45) is 0 Å². The van der Waals surface area contributed by atoms with E-state index in [1.165, 1.54) is 22.5 Å². The highest BCUT2D eigenvalue weighted by atomic mass is 32.2. The van der Waals surface area contributed by atoms with Crippen LogP contribution >= 0.6 is 0 Å². The summed E-state index contributed by atoms with van der Waals surface area (Å²) in [5.74, 6) is -1.05. The van der Waals surface area contributed by atoms with Gasteiger partial charge >= 0.3 is 12.1 Å². The normalized spacial score (nSPS) is 17.4. The van der Waals surface area contributed by atoms with E-state index in [0.29, 0.717) is 27.7 Å². The molecule has 1 atom stereocenters. The van der Waals surface area contributed by atoms with E-state index in [4.69, 9.17) is 0 Å². The Labute approximate surface area is 205 Å². The topological polar surface area (TPSA) is 79.6 Å². The van der Waals surface area contributed by atoms with E-state index in [-0.39, 0.29) is 23.5 Å². The highest BCUT2D eigenvalue weighted by Crippen LogP contribution is 2.47. The zero-order chi connectivity index (χ0) is 25.8. The van der Waals surface area contributed by atoms with Crippen LogP contribution in [0.25, 0.3) is 10.9 Å². The van der Waals surface area contributed by atoms with E-state index in [9.17, 15) is 31.5 Å².